The molecule has 23 heavy (non-hydrogen) atoms. The van der Waals surface area contributed by atoms with Crippen LogP contribution in [-0.4, -0.2) is 45.3 Å². The second kappa shape index (κ2) is 7.60. The quantitative estimate of drug-likeness (QED) is 0.778. The topological polar surface area (TPSA) is 24.3 Å². The summed E-state index contributed by atoms with van der Waals surface area (Å²) in [5, 5.41) is 6.59. The van der Waals surface area contributed by atoms with Crippen molar-refractivity contribution in [2.24, 2.45) is 7.05 Å². The second-order valence-corrected chi connectivity index (χ2v) is 7.58. The number of nitrogens with zero attached hydrogens (tertiary/aromatic N) is 4. The van der Waals surface area contributed by atoms with E-state index in [1.807, 2.05) is 29.3 Å². The predicted molar refractivity (Wildman–Crippen MR) is 96.6 cm³/mol. The lowest BCUT2D eigenvalue weighted by Crippen LogP contribution is -2.39. The van der Waals surface area contributed by atoms with Gasteiger partial charge < -0.3 is 0 Å². The summed E-state index contributed by atoms with van der Waals surface area (Å²) in [5.41, 5.74) is 2.63. The zero-order chi connectivity index (χ0) is 16.2. The Hall–Kier alpha value is -1.17. The van der Waals surface area contributed by atoms with Crippen molar-refractivity contribution in [2.75, 3.05) is 19.6 Å². The highest BCUT2D eigenvalue weighted by Gasteiger charge is 2.25. The van der Waals surface area contributed by atoms with Gasteiger partial charge in [-0.1, -0.05) is 13.0 Å². The lowest BCUT2D eigenvalue weighted by Gasteiger charge is -2.30. The van der Waals surface area contributed by atoms with Gasteiger partial charge in [0.2, 0.25) is 0 Å². The van der Waals surface area contributed by atoms with Crippen LogP contribution < -0.4 is 0 Å². The highest BCUT2D eigenvalue weighted by atomic mass is 32.1. The molecule has 1 fully saturated rings. The molecule has 2 aromatic rings. The Labute approximate surface area is 143 Å². The van der Waals surface area contributed by atoms with Crippen molar-refractivity contribution in [1.82, 2.24) is 19.6 Å². The molecule has 1 unspecified atom stereocenters. The van der Waals surface area contributed by atoms with Crippen LogP contribution in [0.4, 0.5) is 0 Å². The summed E-state index contributed by atoms with van der Waals surface area (Å²) in [6.45, 7) is 10.1. The van der Waals surface area contributed by atoms with Gasteiger partial charge in [-0.25, -0.2) is 0 Å². The van der Waals surface area contributed by atoms with Gasteiger partial charge in [0.1, 0.15) is 0 Å². The van der Waals surface area contributed by atoms with Gasteiger partial charge in [0.25, 0.3) is 0 Å². The molecule has 1 atom stereocenters. The molecule has 126 valence electrons. The number of hydrogen-bond donors (Lipinski definition) is 0. The largest absolute Gasteiger partial charge is 0.299 e. The molecular formula is C18H28N4S. The first-order valence-electron chi connectivity index (χ1n) is 8.63. The third kappa shape index (κ3) is 4.03. The molecule has 2 aromatic heterocycles. The highest BCUT2D eigenvalue weighted by Crippen LogP contribution is 2.22. The van der Waals surface area contributed by atoms with E-state index in [1.54, 1.807) is 0 Å². The minimum atomic E-state index is 0.705. The molecule has 1 aliphatic rings. The number of likely N-dealkylation sites (tertiary alicyclic amines) is 1. The Balaban J connectivity index is 1.72. The Bertz CT molecular complexity index is 605. The Morgan fingerprint density at radius 1 is 1.39 bits per heavy atom. The molecule has 3 heterocycles. The van der Waals surface area contributed by atoms with Crippen LogP contribution >= 0.6 is 11.3 Å². The maximum Gasteiger partial charge on any atom is 0.0537 e. The maximum absolute atomic E-state index is 4.41. The van der Waals surface area contributed by atoms with E-state index in [4.69, 9.17) is 0 Å². The first kappa shape index (κ1) is 16.7. The van der Waals surface area contributed by atoms with E-state index in [1.165, 1.54) is 42.1 Å². The molecule has 0 amide bonds. The summed E-state index contributed by atoms with van der Waals surface area (Å²) in [6, 6.07) is 5.11. The fourth-order valence-corrected chi connectivity index (χ4v) is 4.31. The van der Waals surface area contributed by atoms with E-state index in [2.05, 4.69) is 46.3 Å². The Morgan fingerprint density at radius 2 is 2.26 bits per heavy atom. The van der Waals surface area contributed by atoms with E-state index in [0.717, 1.165) is 19.6 Å². The van der Waals surface area contributed by atoms with Crippen molar-refractivity contribution < 1.29 is 0 Å². The van der Waals surface area contributed by atoms with Crippen molar-refractivity contribution in [2.45, 2.75) is 45.8 Å². The summed E-state index contributed by atoms with van der Waals surface area (Å²) in [5.74, 6) is 0. The van der Waals surface area contributed by atoms with Crippen LogP contribution in [0.2, 0.25) is 0 Å². The number of hydrogen-bond acceptors (Lipinski definition) is 4. The van der Waals surface area contributed by atoms with Crippen molar-refractivity contribution in [1.29, 1.82) is 0 Å². The summed E-state index contributed by atoms with van der Waals surface area (Å²) < 4.78 is 1.98. The molecule has 1 aliphatic heterocycles. The third-order valence-electron chi connectivity index (χ3n) is 5.06. The number of thiophene rings is 1. The lowest BCUT2D eigenvalue weighted by molar-refractivity contribution is 0.167. The zero-order valence-corrected chi connectivity index (χ0v) is 15.4. The average molecular weight is 333 g/mol. The summed E-state index contributed by atoms with van der Waals surface area (Å²) in [6.07, 6.45) is 4.71. The number of aryl methyl sites for hydroxylation is 1. The maximum atomic E-state index is 4.41. The van der Waals surface area contributed by atoms with Crippen LogP contribution in [0.15, 0.2) is 23.7 Å². The van der Waals surface area contributed by atoms with E-state index in [9.17, 15) is 0 Å². The molecular weight excluding hydrogens is 304 g/mol. The molecule has 0 saturated carbocycles. The number of aromatic nitrogens is 2. The van der Waals surface area contributed by atoms with Gasteiger partial charge in [-0.05, 0) is 44.3 Å². The minimum Gasteiger partial charge on any atom is -0.299 e. The smallest absolute Gasteiger partial charge is 0.0537 e. The molecule has 1 saturated heterocycles. The van der Waals surface area contributed by atoms with Gasteiger partial charge in [0.05, 0.1) is 6.20 Å². The van der Waals surface area contributed by atoms with Gasteiger partial charge in [-0.3, -0.25) is 14.5 Å². The molecule has 5 heteroatoms. The van der Waals surface area contributed by atoms with Crippen LogP contribution in [-0.2, 0) is 20.1 Å². The van der Waals surface area contributed by atoms with Crippen molar-refractivity contribution in [3.05, 3.63) is 39.8 Å². The minimum absolute atomic E-state index is 0.705. The van der Waals surface area contributed by atoms with Gasteiger partial charge in [0, 0.05) is 48.9 Å². The lowest BCUT2D eigenvalue weighted by atomic mass is 10.1. The van der Waals surface area contributed by atoms with E-state index < -0.39 is 0 Å². The van der Waals surface area contributed by atoms with Crippen LogP contribution in [0.3, 0.4) is 0 Å². The van der Waals surface area contributed by atoms with Crippen LogP contribution in [0.5, 0.6) is 0 Å². The number of likely N-dealkylation sites (N-methyl/N-ethyl adjacent to an activating group) is 1. The summed E-state index contributed by atoms with van der Waals surface area (Å²) in [7, 11) is 2.03. The van der Waals surface area contributed by atoms with Gasteiger partial charge in [-0.2, -0.15) is 5.10 Å². The Kier molecular flexibility index (Phi) is 5.51. The van der Waals surface area contributed by atoms with Crippen molar-refractivity contribution >= 4 is 11.3 Å². The molecule has 0 bridgehead atoms. The molecule has 3 rings (SSSR count). The average Bonchev–Trinajstić information content (AvgIpc) is 3.26. The van der Waals surface area contributed by atoms with Gasteiger partial charge in [-0.15, -0.1) is 11.3 Å². The molecule has 0 aliphatic carbocycles. The first-order chi connectivity index (χ1) is 11.2. The van der Waals surface area contributed by atoms with Crippen molar-refractivity contribution in [3.8, 4) is 0 Å². The van der Waals surface area contributed by atoms with Crippen LogP contribution in [0.1, 0.15) is 35.9 Å². The molecule has 0 N–H and O–H groups in total. The van der Waals surface area contributed by atoms with Gasteiger partial charge >= 0.3 is 0 Å². The SMILES string of the molecule is CCN1CCCC1CN(Cc1cccs1)Cc1cnn(C)c1C. The van der Waals surface area contributed by atoms with Gasteiger partial charge in [0.15, 0.2) is 0 Å². The molecule has 0 spiro atoms. The molecule has 0 aromatic carbocycles. The monoisotopic (exact) mass is 332 g/mol. The third-order valence-corrected chi connectivity index (χ3v) is 5.93. The second-order valence-electron chi connectivity index (χ2n) is 6.55. The Morgan fingerprint density at radius 3 is 2.91 bits per heavy atom. The zero-order valence-electron chi connectivity index (χ0n) is 14.5. The molecule has 0 radical (unpaired) electrons. The van der Waals surface area contributed by atoms with E-state index >= 15 is 0 Å². The summed E-state index contributed by atoms with van der Waals surface area (Å²) >= 11 is 1.86. The van der Waals surface area contributed by atoms with Crippen molar-refractivity contribution in [3.63, 3.8) is 0 Å². The van der Waals surface area contributed by atoms with E-state index in [0.29, 0.717) is 6.04 Å². The predicted octanol–water partition coefficient (Wildman–Crippen LogP) is 3.28. The number of rotatable bonds is 7. The standard InChI is InChI=1S/C18H28N4S/c1-4-22-9-5-7-17(22)13-21(14-18-8-6-10-23-18)12-16-11-19-20(3)15(16)2/h6,8,10-11,17H,4-5,7,9,12-14H2,1-3H3. The molecule has 4 nitrogen and oxygen atoms in total. The van der Waals surface area contributed by atoms with Crippen LogP contribution in [0.25, 0.3) is 0 Å². The first-order valence-corrected chi connectivity index (χ1v) is 9.51. The fraction of sp³-hybridized carbons (Fsp3) is 0.611. The van der Waals surface area contributed by atoms with E-state index in [-0.39, 0.29) is 0 Å². The highest BCUT2D eigenvalue weighted by molar-refractivity contribution is 7.09. The normalized spacial score (nSPS) is 19.0. The fourth-order valence-electron chi connectivity index (χ4n) is 3.56. The van der Waals surface area contributed by atoms with Crippen LogP contribution in [0, 0.1) is 6.92 Å². The summed E-state index contributed by atoms with van der Waals surface area (Å²) in [4.78, 5) is 6.69.